The minimum absolute atomic E-state index is 0. The Bertz CT molecular complexity index is 63.7. The van der Waals surface area contributed by atoms with Crippen LogP contribution in [-0.2, 0) is 9.59 Å². The molecule has 0 aliphatic heterocycles. The molecule has 2 nitrogen and oxygen atoms in total. The summed E-state index contributed by atoms with van der Waals surface area (Å²) < 4.78 is 0. The minimum atomic E-state index is 0. The fourth-order valence-electron chi connectivity index (χ4n) is 0. The van der Waals surface area contributed by atoms with E-state index in [2.05, 4.69) is 13.2 Å². The maximum Gasteiger partial charge on any atom is 0.116 e. The van der Waals surface area contributed by atoms with Gasteiger partial charge >= 0.3 is 0 Å². The molecule has 0 aliphatic rings. The van der Waals surface area contributed by atoms with Gasteiger partial charge in [0.15, 0.2) is 0 Å². The van der Waals surface area contributed by atoms with Gasteiger partial charge in [0.2, 0.25) is 0 Å². The van der Waals surface area contributed by atoms with Crippen molar-refractivity contribution in [3.63, 3.8) is 0 Å². The monoisotopic (exact) mass is 204 g/mol. The van der Waals surface area contributed by atoms with E-state index in [9.17, 15) is 0 Å². The third-order valence-corrected chi connectivity index (χ3v) is 0. The zero-order chi connectivity index (χ0) is 5.41. The first-order valence-corrected chi connectivity index (χ1v) is 1.12. The van der Waals surface area contributed by atoms with E-state index in [4.69, 9.17) is 9.59 Å². The first-order valence-electron chi connectivity index (χ1n) is 1.12. The van der Waals surface area contributed by atoms with E-state index in [0.717, 1.165) is 0 Å². The van der Waals surface area contributed by atoms with Crippen molar-refractivity contribution in [3.8, 4) is 0 Å². The first kappa shape index (κ1) is 15.9. The third-order valence-electron chi connectivity index (χ3n) is 0. The van der Waals surface area contributed by atoms with Gasteiger partial charge in [-0.05, 0) is 13.2 Å². The van der Waals surface area contributed by atoms with Crippen LogP contribution in [0.4, 0.5) is 0 Å². The SMILES string of the molecule is C=C=O.C=C=O.[Sn]. The molecule has 0 aromatic rings. The molecule has 0 N–H and O–H groups in total. The van der Waals surface area contributed by atoms with Gasteiger partial charge in [0, 0.05) is 23.9 Å². The van der Waals surface area contributed by atoms with Gasteiger partial charge in [-0.15, -0.1) is 0 Å². The number of carbonyl (C=O) groups excluding carboxylic acids is 2. The molecule has 0 amide bonds. The molecule has 0 heterocycles. The summed E-state index contributed by atoms with van der Waals surface area (Å²) in [6.45, 7) is 5.36. The molecule has 0 unspecified atom stereocenters. The van der Waals surface area contributed by atoms with Gasteiger partial charge in [-0.25, -0.2) is 9.59 Å². The van der Waals surface area contributed by atoms with Crippen molar-refractivity contribution in [1.82, 2.24) is 0 Å². The van der Waals surface area contributed by atoms with Gasteiger partial charge in [0.1, 0.15) is 11.9 Å². The summed E-state index contributed by atoms with van der Waals surface area (Å²) in [5.74, 6) is 2.50. The first-order chi connectivity index (χ1) is 2.83. The summed E-state index contributed by atoms with van der Waals surface area (Å²) in [5.41, 5.74) is 0. The topological polar surface area (TPSA) is 34.1 Å². The predicted molar refractivity (Wildman–Crippen MR) is 28.4 cm³/mol. The van der Waals surface area contributed by atoms with Gasteiger partial charge in [0.05, 0.1) is 0 Å². The van der Waals surface area contributed by atoms with Crippen LogP contribution in [0.5, 0.6) is 0 Å². The van der Waals surface area contributed by atoms with Gasteiger partial charge < -0.3 is 0 Å². The number of hydrogen-bond acceptors (Lipinski definition) is 2. The molecule has 0 saturated carbocycles. The van der Waals surface area contributed by atoms with Gasteiger partial charge in [-0.3, -0.25) is 0 Å². The van der Waals surface area contributed by atoms with E-state index in [-0.39, 0.29) is 23.9 Å². The van der Waals surface area contributed by atoms with Crippen LogP contribution in [0.25, 0.3) is 0 Å². The van der Waals surface area contributed by atoms with E-state index >= 15 is 0 Å². The van der Waals surface area contributed by atoms with Gasteiger partial charge in [-0.2, -0.15) is 0 Å². The molecule has 0 spiro atoms. The zero-order valence-corrected chi connectivity index (χ0v) is 6.58. The molecule has 0 aliphatic carbocycles. The van der Waals surface area contributed by atoms with E-state index < -0.39 is 0 Å². The Morgan fingerprint density at radius 1 is 1.00 bits per heavy atom. The second kappa shape index (κ2) is 43.6. The molecule has 0 aromatic carbocycles. The van der Waals surface area contributed by atoms with E-state index in [0.29, 0.717) is 0 Å². The molecular formula is C4H4O2Sn. The Kier molecular flexibility index (Phi) is 99.0. The van der Waals surface area contributed by atoms with Crippen LogP contribution in [0.15, 0.2) is 13.2 Å². The average Bonchev–Trinajstić information content (AvgIpc) is 1.39. The van der Waals surface area contributed by atoms with Crippen LogP contribution in [0, 0.1) is 0 Å². The van der Waals surface area contributed by atoms with E-state index in [1.165, 1.54) is 11.9 Å². The Balaban J connectivity index is -0.0000000400. The van der Waals surface area contributed by atoms with Crippen LogP contribution in [-0.4, -0.2) is 35.8 Å². The maximum absolute atomic E-state index is 8.57. The third kappa shape index (κ3) is 859. The summed E-state index contributed by atoms with van der Waals surface area (Å²) in [4.78, 5) is 17.1. The summed E-state index contributed by atoms with van der Waals surface area (Å²) in [6.07, 6.45) is 0. The van der Waals surface area contributed by atoms with Crippen molar-refractivity contribution in [2.45, 2.75) is 0 Å². The molecule has 4 radical (unpaired) electrons. The fraction of sp³-hybridized carbons (Fsp3) is 0. The van der Waals surface area contributed by atoms with Crippen LogP contribution in [0.3, 0.4) is 0 Å². The molecule has 0 rings (SSSR count). The molecule has 3 heteroatoms. The smallest absolute Gasteiger partial charge is 0.116 e. The van der Waals surface area contributed by atoms with Crippen molar-refractivity contribution in [3.05, 3.63) is 13.2 Å². The maximum atomic E-state index is 8.57. The van der Waals surface area contributed by atoms with Crippen molar-refractivity contribution in [1.29, 1.82) is 0 Å². The van der Waals surface area contributed by atoms with E-state index in [1.807, 2.05) is 0 Å². The standard InChI is InChI=1S/2C2H2O.Sn/c2*1-2-3;/h2*1H2;. The van der Waals surface area contributed by atoms with Gasteiger partial charge in [0.25, 0.3) is 0 Å². The number of rotatable bonds is 0. The Labute approximate surface area is 58.9 Å². The molecule has 0 atom stereocenters. The van der Waals surface area contributed by atoms with Crippen molar-refractivity contribution in [2.75, 3.05) is 0 Å². The molecule has 0 fully saturated rings. The summed E-state index contributed by atoms with van der Waals surface area (Å²) in [5, 5.41) is 0. The minimum Gasteiger partial charge on any atom is -0.234 e. The molecule has 36 valence electrons. The molecule has 0 aromatic heterocycles. The summed E-state index contributed by atoms with van der Waals surface area (Å²) in [7, 11) is 0. The Morgan fingerprint density at radius 3 is 1.00 bits per heavy atom. The van der Waals surface area contributed by atoms with Crippen molar-refractivity contribution in [2.24, 2.45) is 0 Å². The molecule has 0 bridgehead atoms. The van der Waals surface area contributed by atoms with Crippen molar-refractivity contribution >= 4 is 35.8 Å². The van der Waals surface area contributed by atoms with Crippen molar-refractivity contribution < 1.29 is 9.59 Å². The summed E-state index contributed by atoms with van der Waals surface area (Å²) >= 11 is 0. The molecular weight excluding hydrogens is 199 g/mol. The van der Waals surface area contributed by atoms with E-state index in [1.54, 1.807) is 0 Å². The second-order valence-electron chi connectivity index (χ2n) is 0.289. The van der Waals surface area contributed by atoms with Gasteiger partial charge in [-0.1, -0.05) is 0 Å². The Hall–Kier alpha value is -0.301. The average molecular weight is 203 g/mol. The molecule has 7 heavy (non-hydrogen) atoms. The van der Waals surface area contributed by atoms with Crippen LogP contribution < -0.4 is 0 Å². The second-order valence-corrected chi connectivity index (χ2v) is 0.289. The molecule has 0 saturated heterocycles. The van der Waals surface area contributed by atoms with Crippen LogP contribution in [0.2, 0.25) is 0 Å². The zero-order valence-electron chi connectivity index (χ0n) is 3.73. The normalized spacial score (nSPS) is 2.29. The quantitative estimate of drug-likeness (QED) is 0.397. The summed E-state index contributed by atoms with van der Waals surface area (Å²) in [6, 6.07) is 0. The fourth-order valence-corrected chi connectivity index (χ4v) is 0. The largest absolute Gasteiger partial charge is 0.234 e. The van der Waals surface area contributed by atoms with Crippen LogP contribution >= 0.6 is 0 Å². The van der Waals surface area contributed by atoms with Crippen LogP contribution in [0.1, 0.15) is 0 Å². The number of hydrogen-bond donors (Lipinski definition) is 0. The Morgan fingerprint density at radius 2 is 1.00 bits per heavy atom. The predicted octanol–water partition coefficient (Wildman–Crippen LogP) is -0.373.